The molecule has 0 unspecified atom stereocenters. The van der Waals surface area contributed by atoms with Crippen LogP contribution in [0.2, 0.25) is 0 Å². The highest BCUT2D eigenvalue weighted by Gasteiger charge is 2.29. The molecule has 0 aromatic carbocycles. The van der Waals surface area contributed by atoms with E-state index in [2.05, 4.69) is 10.9 Å². The minimum Gasteiger partial charge on any atom is -0.390 e. The standard InChI is InChI=1S/C16H20N4OS/c17-15(21)13-10-6-7-12-11(14(10)22-16(13)18)8-20(19-12)9-4-2-1-3-5-9/h8-9H,1-7,18H2,(H2,17,21). The predicted molar refractivity (Wildman–Crippen MR) is 88.0 cm³/mol. The molecule has 22 heavy (non-hydrogen) atoms. The summed E-state index contributed by atoms with van der Waals surface area (Å²) in [6, 6.07) is 0.524. The normalized spacial score (nSPS) is 18.0. The molecule has 1 saturated carbocycles. The van der Waals surface area contributed by atoms with E-state index in [1.165, 1.54) is 43.4 Å². The average Bonchev–Trinajstić information content (AvgIpc) is 3.07. The summed E-state index contributed by atoms with van der Waals surface area (Å²) in [4.78, 5) is 12.7. The molecule has 2 aromatic heterocycles. The summed E-state index contributed by atoms with van der Waals surface area (Å²) >= 11 is 1.47. The van der Waals surface area contributed by atoms with Gasteiger partial charge in [0.15, 0.2) is 0 Å². The molecule has 6 heteroatoms. The van der Waals surface area contributed by atoms with Crippen molar-refractivity contribution < 1.29 is 4.79 Å². The number of thiophene rings is 1. The number of carbonyl (C=O) groups is 1. The molecule has 1 amide bonds. The molecule has 1 fully saturated rings. The van der Waals surface area contributed by atoms with E-state index in [1.54, 1.807) is 0 Å². The molecule has 0 bridgehead atoms. The molecule has 2 heterocycles. The predicted octanol–water partition coefficient (Wildman–Crippen LogP) is 2.90. The minimum absolute atomic E-state index is 0.418. The largest absolute Gasteiger partial charge is 0.390 e. The molecular formula is C16H20N4OS. The third kappa shape index (κ3) is 2.05. The average molecular weight is 316 g/mol. The zero-order valence-electron chi connectivity index (χ0n) is 12.5. The summed E-state index contributed by atoms with van der Waals surface area (Å²) < 4.78 is 2.15. The van der Waals surface area contributed by atoms with Crippen molar-refractivity contribution in [3.63, 3.8) is 0 Å². The number of nitrogens with zero attached hydrogens (tertiary/aromatic N) is 2. The molecule has 4 rings (SSSR count). The van der Waals surface area contributed by atoms with E-state index in [9.17, 15) is 4.79 Å². The van der Waals surface area contributed by atoms with Crippen LogP contribution in [0.1, 0.15) is 59.8 Å². The van der Waals surface area contributed by atoms with Gasteiger partial charge in [-0.25, -0.2) is 0 Å². The molecule has 2 aliphatic carbocycles. The Bertz CT molecular complexity index is 740. The fraction of sp³-hybridized carbons (Fsp3) is 0.500. The van der Waals surface area contributed by atoms with E-state index in [4.69, 9.17) is 16.6 Å². The molecule has 5 nitrogen and oxygen atoms in total. The topological polar surface area (TPSA) is 86.9 Å². The van der Waals surface area contributed by atoms with E-state index in [-0.39, 0.29) is 0 Å². The molecule has 0 radical (unpaired) electrons. The van der Waals surface area contributed by atoms with Crippen molar-refractivity contribution in [1.29, 1.82) is 0 Å². The number of primary amides is 1. The van der Waals surface area contributed by atoms with Crippen molar-refractivity contribution in [3.8, 4) is 10.4 Å². The van der Waals surface area contributed by atoms with E-state index < -0.39 is 5.91 Å². The highest BCUT2D eigenvalue weighted by molar-refractivity contribution is 7.20. The lowest BCUT2D eigenvalue weighted by atomic mass is 9.93. The van der Waals surface area contributed by atoms with Crippen LogP contribution < -0.4 is 11.5 Å². The van der Waals surface area contributed by atoms with Gasteiger partial charge in [0, 0.05) is 16.6 Å². The maximum absolute atomic E-state index is 11.6. The zero-order valence-corrected chi connectivity index (χ0v) is 13.3. The Morgan fingerprint density at radius 1 is 1.27 bits per heavy atom. The van der Waals surface area contributed by atoms with Gasteiger partial charge in [0.25, 0.3) is 5.91 Å². The summed E-state index contributed by atoms with van der Waals surface area (Å²) in [7, 11) is 0. The third-order valence-electron chi connectivity index (χ3n) is 4.89. The maximum Gasteiger partial charge on any atom is 0.251 e. The lowest BCUT2D eigenvalue weighted by Gasteiger charge is -2.21. The second-order valence-corrected chi connectivity index (χ2v) is 7.33. The summed E-state index contributed by atoms with van der Waals surface area (Å²) in [5, 5.41) is 5.36. The van der Waals surface area contributed by atoms with Crippen LogP contribution >= 0.6 is 11.3 Å². The quantitative estimate of drug-likeness (QED) is 0.893. The fourth-order valence-electron chi connectivity index (χ4n) is 3.79. The highest BCUT2D eigenvalue weighted by atomic mass is 32.1. The Balaban J connectivity index is 1.77. The first-order valence-corrected chi connectivity index (χ1v) is 8.76. The molecule has 0 saturated heterocycles. The summed E-state index contributed by atoms with van der Waals surface area (Å²) in [5.41, 5.74) is 15.3. The number of aromatic nitrogens is 2. The van der Waals surface area contributed by atoms with Gasteiger partial charge in [0.2, 0.25) is 0 Å². The Labute approximate surface area is 133 Å². The molecule has 0 atom stereocenters. The lowest BCUT2D eigenvalue weighted by molar-refractivity contribution is 0.100. The van der Waals surface area contributed by atoms with E-state index in [0.717, 1.165) is 34.5 Å². The fourth-order valence-corrected chi connectivity index (χ4v) is 4.94. The first-order chi connectivity index (χ1) is 10.6. The van der Waals surface area contributed by atoms with Crippen molar-refractivity contribution in [2.75, 3.05) is 5.73 Å². The van der Waals surface area contributed by atoms with Crippen LogP contribution in [0.3, 0.4) is 0 Å². The van der Waals surface area contributed by atoms with Crippen molar-refractivity contribution in [3.05, 3.63) is 23.0 Å². The molecule has 0 spiro atoms. The van der Waals surface area contributed by atoms with Gasteiger partial charge in [-0.1, -0.05) is 19.3 Å². The monoisotopic (exact) mass is 316 g/mol. The second-order valence-electron chi connectivity index (χ2n) is 6.27. The van der Waals surface area contributed by atoms with E-state index in [0.29, 0.717) is 16.6 Å². The number of aryl methyl sites for hydroxylation is 1. The molecule has 2 aromatic rings. The van der Waals surface area contributed by atoms with Gasteiger partial charge in [-0.2, -0.15) is 5.10 Å². The second kappa shape index (κ2) is 5.12. The van der Waals surface area contributed by atoms with Gasteiger partial charge in [0.05, 0.1) is 22.3 Å². The number of nitrogen functional groups attached to an aromatic ring is 1. The van der Waals surface area contributed by atoms with Gasteiger partial charge >= 0.3 is 0 Å². The van der Waals surface area contributed by atoms with Crippen LogP contribution in [0.4, 0.5) is 5.00 Å². The van der Waals surface area contributed by atoms with Crippen molar-refractivity contribution in [2.45, 2.75) is 51.0 Å². The number of hydrogen-bond donors (Lipinski definition) is 2. The number of fused-ring (bicyclic) bond motifs is 3. The van der Waals surface area contributed by atoms with Gasteiger partial charge in [0.1, 0.15) is 0 Å². The number of hydrogen-bond acceptors (Lipinski definition) is 4. The SMILES string of the molecule is NC(=O)c1c(N)sc2c1CCc1nn(C3CCCCC3)cc1-2. The molecule has 116 valence electrons. The Hall–Kier alpha value is -1.82. The Kier molecular flexibility index (Phi) is 3.22. The van der Waals surface area contributed by atoms with E-state index >= 15 is 0 Å². The van der Waals surface area contributed by atoms with Crippen molar-refractivity contribution >= 4 is 22.2 Å². The van der Waals surface area contributed by atoms with Crippen LogP contribution in [0, 0.1) is 0 Å². The third-order valence-corrected chi connectivity index (χ3v) is 5.99. The smallest absolute Gasteiger partial charge is 0.251 e. The van der Waals surface area contributed by atoms with Gasteiger partial charge < -0.3 is 11.5 Å². The molecule has 4 N–H and O–H groups in total. The van der Waals surface area contributed by atoms with Gasteiger partial charge in [-0.15, -0.1) is 11.3 Å². The van der Waals surface area contributed by atoms with Crippen LogP contribution in [-0.4, -0.2) is 15.7 Å². The maximum atomic E-state index is 11.6. The molecular weight excluding hydrogens is 296 g/mol. The Morgan fingerprint density at radius 2 is 2.05 bits per heavy atom. The summed E-state index contributed by atoms with van der Waals surface area (Å²) in [6.45, 7) is 0. The number of carbonyl (C=O) groups excluding carboxylic acids is 1. The van der Waals surface area contributed by atoms with Crippen LogP contribution in [0.5, 0.6) is 0 Å². The zero-order chi connectivity index (χ0) is 15.3. The van der Waals surface area contributed by atoms with Gasteiger partial charge in [-0.3, -0.25) is 9.48 Å². The Morgan fingerprint density at radius 3 is 2.77 bits per heavy atom. The van der Waals surface area contributed by atoms with Gasteiger partial charge in [-0.05, 0) is 31.2 Å². The van der Waals surface area contributed by atoms with Crippen LogP contribution in [-0.2, 0) is 12.8 Å². The summed E-state index contributed by atoms with van der Waals surface area (Å²) in [6.07, 6.45) is 10.2. The van der Waals surface area contributed by atoms with E-state index in [1.807, 2.05) is 0 Å². The van der Waals surface area contributed by atoms with Crippen molar-refractivity contribution in [2.24, 2.45) is 5.73 Å². The highest BCUT2D eigenvalue weighted by Crippen LogP contribution is 2.44. The first kappa shape index (κ1) is 13.8. The van der Waals surface area contributed by atoms with Crippen molar-refractivity contribution in [1.82, 2.24) is 9.78 Å². The number of rotatable bonds is 2. The van der Waals surface area contributed by atoms with Crippen LogP contribution in [0.15, 0.2) is 6.20 Å². The number of amides is 1. The van der Waals surface area contributed by atoms with Crippen LogP contribution in [0.25, 0.3) is 10.4 Å². The number of anilines is 1. The molecule has 2 aliphatic rings. The lowest BCUT2D eigenvalue weighted by Crippen LogP contribution is -2.15. The number of nitrogens with two attached hydrogens (primary N) is 2. The summed E-state index contributed by atoms with van der Waals surface area (Å²) in [5.74, 6) is -0.418. The first-order valence-electron chi connectivity index (χ1n) is 7.94. The molecule has 0 aliphatic heterocycles. The minimum atomic E-state index is -0.418.